The first-order chi connectivity index (χ1) is 9.04. The fourth-order valence-corrected chi connectivity index (χ4v) is 1.50. The van der Waals surface area contributed by atoms with E-state index in [2.05, 4.69) is 10.1 Å². The van der Waals surface area contributed by atoms with Gasteiger partial charge in [0.25, 0.3) is 0 Å². The topological polar surface area (TPSA) is 56.5 Å². The highest BCUT2D eigenvalue weighted by Crippen LogP contribution is 2.29. The van der Waals surface area contributed by atoms with Crippen LogP contribution in [0.4, 0.5) is 24.5 Å². The predicted octanol–water partition coefficient (Wildman–Crippen LogP) is 2.85. The molecule has 0 aliphatic heterocycles. The number of halogens is 3. The first kappa shape index (κ1) is 15.4. The zero-order chi connectivity index (χ0) is 14.3. The lowest BCUT2D eigenvalue weighted by atomic mass is 10.2. The number of hydrogen-bond donors (Lipinski definition) is 2. The van der Waals surface area contributed by atoms with Crippen LogP contribution in [0.2, 0.25) is 0 Å². The number of rotatable bonds is 8. The molecule has 0 saturated carbocycles. The van der Waals surface area contributed by atoms with Crippen LogP contribution < -0.4 is 15.8 Å². The molecule has 19 heavy (non-hydrogen) atoms. The van der Waals surface area contributed by atoms with Gasteiger partial charge in [0.05, 0.1) is 11.4 Å². The summed E-state index contributed by atoms with van der Waals surface area (Å²) < 4.78 is 46.4. The third-order valence-electron chi connectivity index (χ3n) is 2.41. The van der Waals surface area contributed by atoms with Gasteiger partial charge in [-0.1, -0.05) is 0 Å². The number of ether oxygens (including phenoxy) is 2. The Morgan fingerprint density at radius 2 is 2.05 bits per heavy atom. The highest BCUT2D eigenvalue weighted by Gasteiger charge is 2.13. The van der Waals surface area contributed by atoms with Gasteiger partial charge in [0.1, 0.15) is 0 Å². The minimum atomic E-state index is -3.08. The fourth-order valence-electron chi connectivity index (χ4n) is 1.50. The van der Waals surface area contributed by atoms with E-state index in [1.54, 1.807) is 7.11 Å². The van der Waals surface area contributed by atoms with Crippen LogP contribution in [0.25, 0.3) is 0 Å². The average molecular weight is 278 g/mol. The molecule has 7 heteroatoms. The summed E-state index contributed by atoms with van der Waals surface area (Å²) in [6.45, 7) is -1.86. The second-order valence-corrected chi connectivity index (χ2v) is 3.88. The maximum absolute atomic E-state index is 13.3. The van der Waals surface area contributed by atoms with Gasteiger partial charge in [-0.3, -0.25) is 0 Å². The number of alkyl halides is 2. The predicted molar refractivity (Wildman–Crippen MR) is 67.0 cm³/mol. The normalized spacial score (nSPS) is 10.8. The van der Waals surface area contributed by atoms with Crippen LogP contribution in [0, 0.1) is 5.82 Å². The lowest BCUT2D eigenvalue weighted by molar-refractivity contribution is -0.0521. The number of nitrogens with two attached hydrogens (primary N) is 1. The molecular weight excluding hydrogens is 261 g/mol. The number of nitrogens with one attached hydrogen (secondary N) is 1. The molecule has 0 fully saturated rings. The molecule has 0 atom stereocenters. The highest BCUT2D eigenvalue weighted by atomic mass is 19.3. The second kappa shape index (κ2) is 7.73. The van der Waals surface area contributed by atoms with Crippen molar-refractivity contribution in [1.29, 1.82) is 0 Å². The van der Waals surface area contributed by atoms with E-state index in [9.17, 15) is 13.2 Å². The number of methoxy groups -OCH3 is 1. The van der Waals surface area contributed by atoms with Crippen molar-refractivity contribution in [1.82, 2.24) is 0 Å². The van der Waals surface area contributed by atoms with Gasteiger partial charge in [0.2, 0.25) is 0 Å². The number of nitrogen functional groups attached to an aromatic ring is 1. The fraction of sp³-hybridized carbons (Fsp3) is 0.500. The molecule has 1 aromatic rings. The molecule has 0 bridgehead atoms. The van der Waals surface area contributed by atoms with Crippen LogP contribution in [0.5, 0.6) is 5.75 Å². The molecule has 0 spiro atoms. The van der Waals surface area contributed by atoms with Gasteiger partial charge in [-0.05, 0) is 12.8 Å². The number of benzene rings is 1. The van der Waals surface area contributed by atoms with Crippen molar-refractivity contribution < 1.29 is 22.6 Å². The van der Waals surface area contributed by atoms with Gasteiger partial charge in [0, 0.05) is 32.4 Å². The standard InChI is InChI=1S/C12H17F3N2O2/c1-18-5-3-2-4-17-10-7-11(19-12(14)15)8(13)6-9(10)16/h6-7,12,17H,2-5,16H2,1H3. The monoisotopic (exact) mass is 278 g/mol. The van der Waals surface area contributed by atoms with E-state index in [-0.39, 0.29) is 5.69 Å². The molecule has 0 heterocycles. The van der Waals surface area contributed by atoms with E-state index in [4.69, 9.17) is 10.5 Å². The largest absolute Gasteiger partial charge is 0.432 e. The molecule has 1 aromatic carbocycles. The van der Waals surface area contributed by atoms with Crippen molar-refractivity contribution in [2.24, 2.45) is 0 Å². The smallest absolute Gasteiger partial charge is 0.387 e. The minimum Gasteiger partial charge on any atom is -0.432 e. The summed E-state index contributed by atoms with van der Waals surface area (Å²) in [5.41, 5.74) is 6.11. The molecule has 0 radical (unpaired) electrons. The number of anilines is 2. The number of hydrogen-bond acceptors (Lipinski definition) is 4. The van der Waals surface area contributed by atoms with Crippen molar-refractivity contribution in [3.05, 3.63) is 17.9 Å². The van der Waals surface area contributed by atoms with Gasteiger partial charge >= 0.3 is 6.61 Å². The Labute approximate surface area is 109 Å². The molecule has 3 N–H and O–H groups in total. The van der Waals surface area contributed by atoms with Crippen molar-refractivity contribution in [3.8, 4) is 5.75 Å². The quantitative estimate of drug-likeness (QED) is 0.567. The minimum absolute atomic E-state index is 0.144. The lowest BCUT2D eigenvalue weighted by Gasteiger charge is -2.12. The summed E-state index contributed by atoms with van der Waals surface area (Å²) in [5.74, 6) is -1.44. The molecule has 108 valence electrons. The maximum atomic E-state index is 13.3. The van der Waals surface area contributed by atoms with Crippen molar-refractivity contribution in [2.75, 3.05) is 31.3 Å². The lowest BCUT2D eigenvalue weighted by Crippen LogP contribution is -2.08. The van der Waals surface area contributed by atoms with Crippen LogP contribution in [0.15, 0.2) is 12.1 Å². The summed E-state index contributed by atoms with van der Waals surface area (Å²) in [7, 11) is 1.61. The average Bonchev–Trinajstić information content (AvgIpc) is 2.33. The van der Waals surface area contributed by atoms with Crippen LogP contribution in [0.1, 0.15) is 12.8 Å². The summed E-state index contributed by atoms with van der Waals surface area (Å²) in [6, 6.07) is 2.09. The molecule has 4 nitrogen and oxygen atoms in total. The third-order valence-corrected chi connectivity index (χ3v) is 2.41. The maximum Gasteiger partial charge on any atom is 0.387 e. The Kier molecular flexibility index (Phi) is 6.27. The van der Waals surface area contributed by atoms with E-state index in [1.165, 1.54) is 0 Å². The third kappa shape index (κ3) is 5.25. The van der Waals surface area contributed by atoms with Crippen LogP contribution >= 0.6 is 0 Å². The van der Waals surface area contributed by atoms with Gasteiger partial charge in [-0.15, -0.1) is 0 Å². The van der Waals surface area contributed by atoms with Gasteiger partial charge in [-0.25, -0.2) is 4.39 Å². The summed E-state index contributed by atoms with van der Waals surface area (Å²) >= 11 is 0. The summed E-state index contributed by atoms with van der Waals surface area (Å²) in [6.07, 6.45) is 1.67. The number of unbranched alkanes of at least 4 members (excludes halogenated alkanes) is 1. The zero-order valence-corrected chi connectivity index (χ0v) is 10.6. The molecule has 0 aliphatic carbocycles. The van der Waals surface area contributed by atoms with Crippen molar-refractivity contribution in [3.63, 3.8) is 0 Å². The first-order valence-electron chi connectivity index (χ1n) is 5.81. The second-order valence-electron chi connectivity index (χ2n) is 3.88. The van der Waals surface area contributed by atoms with Gasteiger partial charge in [-0.2, -0.15) is 8.78 Å². The van der Waals surface area contributed by atoms with Crippen LogP contribution in [-0.4, -0.2) is 26.9 Å². The van der Waals surface area contributed by atoms with E-state index < -0.39 is 18.2 Å². The molecule has 0 unspecified atom stereocenters. The Morgan fingerprint density at radius 3 is 2.68 bits per heavy atom. The van der Waals surface area contributed by atoms with Crippen LogP contribution in [0.3, 0.4) is 0 Å². The SMILES string of the molecule is COCCCCNc1cc(OC(F)F)c(F)cc1N. The Hall–Kier alpha value is -1.63. The van der Waals surface area contributed by atoms with E-state index in [1.807, 2.05) is 0 Å². The van der Waals surface area contributed by atoms with Gasteiger partial charge < -0.3 is 20.5 Å². The molecule has 0 aliphatic rings. The Morgan fingerprint density at radius 1 is 1.32 bits per heavy atom. The summed E-state index contributed by atoms with van der Waals surface area (Å²) in [4.78, 5) is 0. The zero-order valence-electron chi connectivity index (χ0n) is 10.6. The Balaban J connectivity index is 2.61. The van der Waals surface area contributed by atoms with E-state index >= 15 is 0 Å². The molecule has 0 aromatic heterocycles. The summed E-state index contributed by atoms with van der Waals surface area (Å²) in [5, 5.41) is 2.94. The molecule has 0 saturated heterocycles. The molecule has 0 amide bonds. The van der Waals surface area contributed by atoms with Crippen molar-refractivity contribution >= 4 is 11.4 Å². The Bertz CT molecular complexity index is 403. The molecule has 1 rings (SSSR count). The van der Waals surface area contributed by atoms with E-state index in [0.717, 1.165) is 25.0 Å². The van der Waals surface area contributed by atoms with E-state index in [0.29, 0.717) is 18.8 Å². The van der Waals surface area contributed by atoms with Crippen molar-refractivity contribution in [2.45, 2.75) is 19.5 Å². The highest BCUT2D eigenvalue weighted by molar-refractivity contribution is 5.68. The van der Waals surface area contributed by atoms with Crippen LogP contribution in [-0.2, 0) is 4.74 Å². The first-order valence-corrected chi connectivity index (χ1v) is 5.81. The van der Waals surface area contributed by atoms with Gasteiger partial charge in [0.15, 0.2) is 11.6 Å². The molecular formula is C12H17F3N2O2.